The molecule has 0 bridgehead atoms. The van der Waals surface area contributed by atoms with Crippen molar-refractivity contribution in [1.82, 2.24) is 0 Å². The third-order valence-electron chi connectivity index (χ3n) is 2.33. The maximum absolute atomic E-state index is 12.3. The molecule has 0 saturated heterocycles. The van der Waals surface area contributed by atoms with E-state index in [0.717, 1.165) is 19.0 Å². The lowest BCUT2D eigenvalue weighted by Crippen LogP contribution is -2.01. The van der Waals surface area contributed by atoms with Crippen molar-refractivity contribution >= 4 is 16.8 Å². The van der Waals surface area contributed by atoms with Gasteiger partial charge in [-0.05, 0) is 48.3 Å². The summed E-state index contributed by atoms with van der Waals surface area (Å²) < 4.78 is 12.3. The summed E-state index contributed by atoms with van der Waals surface area (Å²) in [5, 5.41) is -0.639. The number of halogens is 2. The first-order valence-electron chi connectivity index (χ1n) is 5.83. The lowest BCUT2D eigenvalue weighted by Gasteiger charge is -1.93. The van der Waals surface area contributed by atoms with Crippen molar-refractivity contribution in [2.24, 2.45) is 5.73 Å². The third kappa shape index (κ3) is 6.13. The fraction of sp³-hybridized carbons (Fsp3) is 0.133. The summed E-state index contributed by atoms with van der Waals surface area (Å²) in [6.45, 7) is 0.740. The maximum Gasteiger partial charge on any atom is 0.252 e. The highest BCUT2D eigenvalue weighted by Crippen LogP contribution is 2.05. The molecule has 0 radical (unpaired) electrons. The zero-order valence-corrected chi connectivity index (χ0v) is 11.1. The fourth-order valence-electron chi connectivity index (χ4n) is 1.42. The van der Waals surface area contributed by atoms with Crippen LogP contribution in [-0.4, -0.2) is 11.8 Å². The Balaban J connectivity index is 0.000000191. The second kappa shape index (κ2) is 8.40. The van der Waals surface area contributed by atoms with Gasteiger partial charge in [0.05, 0.1) is 0 Å². The minimum absolute atomic E-state index is 0.182. The molecule has 0 amide bonds. The molecule has 2 nitrogen and oxygen atoms in total. The Morgan fingerprint density at radius 1 is 1.11 bits per heavy atom. The number of carbonyl (C=O) groups is 1. The van der Waals surface area contributed by atoms with Crippen LogP contribution in [-0.2, 0) is 6.42 Å². The monoisotopic (exact) mass is 279 g/mol. The Bertz CT molecular complexity index is 517. The summed E-state index contributed by atoms with van der Waals surface area (Å²) in [7, 11) is 0. The van der Waals surface area contributed by atoms with E-state index in [2.05, 4.69) is 12.1 Å². The molecule has 0 saturated carbocycles. The molecule has 4 heteroatoms. The average Bonchev–Trinajstić information content (AvgIpc) is 2.41. The van der Waals surface area contributed by atoms with Crippen molar-refractivity contribution in [2.45, 2.75) is 6.42 Å². The molecule has 0 aliphatic rings. The topological polar surface area (TPSA) is 43.1 Å². The maximum atomic E-state index is 12.3. The number of benzene rings is 2. The fourth-order valence-corrected chi connectivity index (χ4v) is 1.54. The highest BCUT2D eigenvalue weighted by Gasteiger charge is 2.00. The number of rotatable bonds is 3. The van der Waals surface area contributed by atoms with E-state index in [9.17, 15) is 9.18 Å². The van der Waals surface area contributed by atoms with Gasteiger partial charge in [-0.1, -0.05) is 36.4 Å². The summed E-state index contributed by atoms with van der Waals surface area (Å²) >= 11 is 5.07. The van der Waals surface area contributed by atoms with Gasteiger partial charge >= 0.3 is 0 Å². The van der Waals surface area contributed by atoms with E-state index < -0.39 is 11.1 Å². The van der Waals surface area contributed by atoms with Crippen molar-refractivity contribution in [3.8, 4) is 0 Å². The molecule has 2 N–H and O–H groups in total. The third-order valence-corrected chi connectivity index (χ3v) is 2.55. The van der Waals surface area contributed by atoms with Gasteiger partial charge in [0.15, 0.2) is 0 Å². The van der Waals surface area contributed by atoms with Crippen molar-refractivity contribution in [3.05, 3.63) is 71.5 Å². The van der Waals surface area contributed by atoms with E-state index in [4.69, 9.17) is 17.3 Å². The number of hydrogen-bond donors (Lipinski definition) is 1. The molecular formula is C15H15ClFNO. The van der Waals surface area contributed by atoms with Gasteiger partial charge in [0.2, 0.25) is 0 Å². The largest absolute Gasteiger partial charge is 0.330 e. The molecule has 100 valence electrons. The predicted molar refractivity (Wildman–Crippen MR) is 75.8 cm³/mol. The van der Waals surface area contributed by atoms with E-state index in [1.165, 1.54) is 23.8 Å². The molecule has 0 aromatic heterocycles. The van der Waals surface area contributed by atoms with Crippen molar-refractivity contribution < 1.29 is 9.18 Å². The van der Waals surface area contributed by atoms with E-state index in [1.54, 1.807) is 0 Å². The molecule has 0 aliphatic heterocycles. The standard InChI is InChI=1S/C8H11N.C7H4ClFO/c9-7-6-8-4-2-1-3-5-8;8-7(10)5-2-1-3-6(9)4-5/h1-5H,6-7,9H2;1-4H. The van der Waals surface area contributed by atoms with E-state index in [-0.39, 0.29) is 5.56 Å². The molecule has 0 spiro atoms. The molecule has 2 aromatic rings. The molecule has 0 aliphatic carbocycles. The number of nitrogens with two attached hydrogens (primary N) is 1. The van der Waals surface area contributed by atoms with Crippen LogP contribution in [0.4, 0.5) is 4.39 Å². The molecule has 0 fully saturated rings. The van der Waals surface area contributed by atoms with Crippen molar-refractivity contribution in [2.75, 3.05) is 6.54 Å². The molecular weight excluding hydrogens is 265 g/mol. The molecule has 2 rings (SSSR count). The normalized spacial score (nSPS) is 9.42. The van der Waals surface area contributed by atoms with Gasteiger partial charge in [-0.3, -0.25) is 4.79 Å². The highest BCUT2D eigenvalue weighted by atomic mass is 35.5. The van der Waals surface area contributed by atoms with Gasteiger partial charge in [0.1, 0.15) is 5.82 Å². The van der Waals surface area contributed by atoms with E-state index in [1.807, 2.05) is 18.2 Å². The smallest absolute Gasteiger partial charge is 0.252 e. The van der Waals surface area contributed by atoms with Gasteiger partial charge in [-0.2, -0.15) is 0 Å². The van der Waals surface area contributed by atoms with Gasteiger partial charge in [-0.25, -0.2) is 4.39 Å². The minimum atomic E-state index is -0.639. The lowest BCUT2D eigenvalue weighted by molar-refractivity contribution is 0.108. The first kappa shape index (κ1) is 15.3. The second-order valence-corrected chi connectivity index (χ2v) is 4.15. The van der Waals surface area contributed by atoms with Crippen LogP contribution in [0.25, 0.3) is 0 Å². The molecule has 19 heavy (non-hydrogen) atoms. The lowest BCUT2D eigenvalue weighted by atomic mass is 10.2. The van der Waals surface area contributed by atoms with Gasteiger partial charge < -0.3 is 5.73 Å². The first-order valence-corrected chi connectivity index (χ1v) is 6.20. The van der Waals surface area contributed by atoms with Crippen LogP contribution < -0.4 is 5.73 Å². The average molecular weight is 280 g/mol. The van der Waals surface area contributed by atoms with Crippen LogP contribution in [0.15, 0.2) is 54.6 Å². The first-order chi connectivity index (χ1) is 9.13. The number of hydrogen-bond acceptors (Lipinski definition) is 2. The Hall–Kier alpha value is -1.71. The molecule has 0 heterocycles. The van der Waals surface area contributed by atoms with Crippen LogP contribution in [0, 0.1) is 5.82 Å². The van der Waals surface area contributed by atoms with E-state index >= 15 is 0 Å². The predicted octanol–water partition coefficient (Wildman–Crippen LogP) is 3.39. The summed E-state index contributed by atoms with van der Waals surface area (Å²) in [6, 6.07) is 15.5. The van der Waals surface area contributed by atoms with E-state index in [0.29, 0.717) is 0 Å². The van der Waals surface area contributed by atoms with Crippen LogP contribution in [0.3, 0.4) is 0 Å². The molecule has 0 atom stereocenters. The number of carbonyl (C=O) groups excluding carboxylic acids is 1. The Morgan fingerprint density at radius 2 is 1.79 bits per heavy atom. The van der Waals surface area contributed by atoms with Gasteiger partial charge in [-0.15, -0.1) is 0 Å². The van der Waals surface area contributed by atoms with Gasteiger partial charge in [0, 0.05) is 5.56 Å². The highest BCUT2D eigenvalue weighted by molar-refractivity contribution is 6.67. The summed E-state index contributed by atoms with van der Waals surface area (Å²) in [4.78, 5) is 10.4. The quantitative estimate of drug-likeness (QED) is 0.875. The summed E-state index contributed by atoms with van der Waals surface area (Å²) in [5.41, 5.74) is 6.86. The Kier molecular flexibility index (Phi) is 6.79. The zero-order valence-electron chi connectivity index (χ0n) is 10.4. The minimum Gasteiger partial charge on any atom is -0.330 e. The van der Waals surface area contributed by atoms with Crippen molar-refractivity contribution in [1.29, 1.82) is 0 Å². The Morgan fingerprint density at radius 3 is 2.26 bits per heavy atom. The van der Waals surface area contributed by atoms with Crippen LogP contribution in [0.1, 0.15) is 15.9 Å². The Labute approximate surface area is 117 Å². The van der Waals surface area contributed by atoms with Crippen LogP contribution >= 0.6 is 11.6 Å². The van der Waals surface area contributed by atoms with Crippen molar-refractivity contribution in [3.63, 3.8) is 0 Å². The SMILES string of the molecule is NCCc1ccccc1.O=C(Cl)c1cccc(F)c1. The van der Waals surface area contributed by atoms with Crippen LogP contribution in [0.5, 0.6) is 0 Å². The summed E-state index contributed by atoms with van der Waals surface area (Å²) in [6.07, 6.45) is 0.987. The molecule has 2 aromatic carbocycles. The second-order valence-electron chi connectivity index (χ2n) is 3.81. The van der Waals surface area contributed by atoms with Gasteiger partial charge in [0.25, 0.3) is 5.24 Å². The molecule has 0 unspecified atom stereocenters. The van der Waals surface area contributed by atoms with Crippen LogP contribution in [0.2, 0.25) is 0 Å². The zero-order chi connectivity index (χ0) is 14.1. The summed E-state index contributed by atoms with van der Waals surface area (Å²) in [5.74, 6) is -0.452.